The van der Waals surface area contributed by atoms with E-state index in [4.69, 9.17) is 6.58 Å². The molecule has 0 spiro atoms. The SMILES string of the molecule is [CH]=CCBr. The lowest BCUT2D eigenvalue weighted by atomic mass is 10.8. The lowest BCUT2D eigenvalue weighted by Gasteiger charge is -1.55. The van der Waals surface area contributed by atoms with Crippen molar-refractivity contribution in [1.29, 1.82) is 0 Å². The lowest BCUT2D eigenvalue weighted by Crippen LogP contribution is -1.43. The molecule has 0 N–H and O–H groups in total. The second-order valence-electron chi connectivity index (χ2n) is 0.390. The average molecular weight is 120 g/mol. The van der Waals surface area contributed by atoms with Crippen LogP contribution in [0, 0.1) is 6.58 Å². The van der Waals surface area contributed by atoms with Crippen molar-refractivity contribution in [3.63, 3.8) is 0 Å². The maximum Gasteiger partial charge on any atom is 0.0215 e. The van der Waals surface area contributed by atoms with Crippen LogP contribution in [0.25, 0.3) is 0 Å². The first kappa shape index (κ1) is 4.22. The molecule has 0 rings (SSSR count). The standard InChI is InChI=1S/C3H4Br/c1-2-3-4/h1-2H,3H2. The summed E-state index contributed by atoms with van der Waals surface area (Å²) in [5, 5.41) is 0.785. The van der Waals surface area contributed by atoms with Gasteiger partial charge in [0.25, 0.3) is 0 Å². The van der Waals surface area contributed by atoms with Crippen molar-refractivity contribution >= 4 is 15.9 Å². The quantitative estimate of drug-likeness (QED) is 0.458. The van der Waals surface area contributed by atoms with Crippen LogP contribution in [0.2, 0.25) is 0 Å². The van der Waals surface area contributed by atoms with Crippen LogP contribution in [0.3, 0.4) is 0 Å². The van der Waals surface area contributed by atoms with Crippen LogP contribution in [-0.2, 0) is 0 Å². The van der Waals surface area contributed by atoms with Crippen molar-refractivity contribution in [2.75, 3.05) is 5.33 Å². The van der Waals surface area contributed by atoms with Gasteiger partial charge in [0.2, 0.25) is 0 Å². The third-order valence-electron chi connectivity index (χ3n) is 0.0891. The van der Waals surface area contributed by atoms with Gasteiger partial charge in [-0.3, -0.25) is 0 Å². The zero-order chi connectivity index (χ0) is 3.41. The second kappa shape index (κ2) is 3.22. The fourth-order valence-electron chi connectivity index (χ4n) is 0. The number of rotatable bonds is 1. The number of hydrogen-bond donors (Lipinski definition) is 0. The Morgan fingerprint density at radius 2 is 2.25 bits per heavy atom. The van der Waals surface area contributed by atoms with Gasteiger partial charge in [-0.2, -0.15) is 0 Å². The third-order valence-corrected chi connectivity index (χ3v) is 0.463. The Morgan fingerprint density at radius 3 is 2.25 bits per heavy atom. The summed E-state index contributed by atoms with van der Waals surface area (Å²) < 4.78 is 0. The molecule has 0 aliphatic carbocycles. The van der Waals surface area contributed by atoms with Crippen molar-refractivity contribution in [3.8, 4) is 0 Å². The van der Waals surface area contributed by atoms with E-state index in [1.807, 2.05) is 0 Å². The summed E-state index contributed by atoms with van der Waals surface area (Å²) in [5.41, 5.74) is 0. The van der Waals surface area contributed by atoms with Crippen LogP contribution in [0.15, 0.2) is 6.08 Å². The molecule has 0 aliphatic heterocycles. The molecular weight excluding hydrogens is 116 g/mol. The summed E-state index contributed by atoms with van der Waals surface area (Å²) in [6, 6.07) is 0. The highest BCUT2D eigenvalue weighted by atomic mass is 79.9. The van der Waals surface area contributed by atoms with E-state index in [9.17, 15) is 0 Å². The molecule has 0 nitrogen and oxygen atoms in total. The first-order valence-electron chi connectivity index (χ1n) is 1.01. The van der Waals surface area contributed by atoms with Crippen molar-refractivity contribution in [3.05, 3.63) is 12.7 Å². The van der Waals surface area contributed by atoms with E-state index in [0.717, 1.165) is 5.33 Å². The summed E-state index contributed by atoms with van der Waals surface area (Å²) in [6.07, 6.45) is 1.54. The van der Waals surface area contributed by atoms with Crippen LogP contribution in [-0.4, -0.2) is 5.33 Å². The highest BCUT2D eigenvalue weighted by Crippen LogP contribution is 1.73. The average Bonchev–Trinajstić information content (AvgIpc) is 1.37. The fourth-order valence-corrected chi connectivity index (χ4v) is 0. The Hall–Kier alpha value is 0.220. The molecule has 0 bridgehead atoms. The molecular formula is C3H4Br. The lowest BCUT2D eigenvalue weighted by molar-refractivity contribution is 1.85. The molecule has 0 unspecified atom stereocenters. The number of hydrogen-bond acceptors (Lipinski definition) is 0. The van der Waals surface area contributed by atoms with E-state index in [0.29, 0.717) is 0 Å². The summed E-state index contributed by atoms with van der Waals surface area (Å²) in [5.74, 6) is 0. The fraction of sp³-hybridized carbons (Fsp3) is 0.333. The highest BCUT2D eigenvalue weighted by Gasteiger charge is 1.48. The van der Waals surface area contributed by atoms with E-state index in [1.165, 1.54) is 0 Å². The van der Waals surface area contributed by atoms with Crippen molar-refractivity contribution < 1.29 is 0 Å². The van der Waals surface area contributed by atoms with Crippen LogP contribution >= 0.6 is 15.9 Å². The maximum atomic E-state index is 4.86. The molecule has 1 radical (unpaired) electrons. The predicted octanol–water partition coefficient (Wildman–Crippen LogP) is 1.37. The van der Waals surface area contributed by atoms with Gasteiger partial charge >= 0.3 is 0 Å². The van der Waals surface area contributed by atoms with Gasteiger partial charge in [-0.15, -0.1) is 0 Å². The third kappa shape index (κ3) is 2.22. The van der Waals surface area contributed by atoms with Gasteiger partial charge in [0.05, 0.1) is 0 Å². The molecule has 0 heterocycles. The van der Waals surface area contributed by atoms with Gasteiger partial charge in [-0.1, -0.05) is 28.6 Å². The maximum absolute atomic E-state index is 4.86. The summed E-state index contributed by atoms with van der Waals surface area (Å²) in [6.45, 7) is 4.86. The predicted molar refractivity (Wildman–Crippen MR) is 22.7 cm³/mol. The van der Waals surface area contributed by atoms with Crippen LogP contribution in [0.5, 0.6) is 0 Å². The van der Waals surface area contributed by atoms with Crippen molar-refractivity contribution in [2.45, 2.75) is 0 Å². The monoisotopic (exact) mass is 119 g/mol. The minimum Gasteiger partial charge on any atom is -0.0883 e. The highest BCUT2D eigenvalue weighted by molar-refractivity contribution is 9.09. The Labute approximate surface area is 34.6 Å². The molecule has 0 amide bonds. The molecule has 1 heteroatoms. The Kier molecular flexibility index (Phi) is 3.40. The van der Waals surface area contributed by atoms with E-state index in [2.05, 4.69) is 15.9 Å². The Bertz CT molecular complexity index is 17.2. The topological polar surface area (TPSA) is 0 Å². The largest absolute Gasteiger partial charge is 0.0883 e. The van der Waals surface area contributed by atoms with E-state index in [-0.39, 0.29) is 0 Å². The molecule has 0 atom stereocenters. The van der Waals surface area contributed by atoms with Crippen molar-refractivity contribution in [1.82, 2.24) is 0 Å². The molecule has 0 saturated carbocycles. The first-order chi connectivity index (χ1) is 1.91. The number of alkyl halides is 1. The summed E-state index contributed by atoms with van der Waals surface area (Å²) in [7, 11) is 0. The zero-order valence-electron chi connectivity index (χ0n) is 2.24. The molecule has 4 heavy (non-hydrogen) atoms. The Balaban J connectivity index is 2.30. The van der Waals surface area contributed by atoms with Gasteiger partial charge in [0, 0.05) is 5.33 Å². The molecule has 0 fully saturated rings. The van der Waals surface area contributed by atoms with Crippen LogP contribution < -0.4 is 0 Å². The van der Waals surface area contributed by atoms with Gasteiger partial charge in [0.1, 0.15) is 0 Å². The minimum absolute atomic E-state index is 0.785. The van der Waals surface area contributed by atoms with E-state index in [1.54, 1.807) is 6.08 Å². The summed E-state index contributed by atoms with van der Waals surface area (Å²) >= 11 is 3.07. The van der Waals surface area contributed by atoms with Gasteiger partial charge in [0.15, 0.2) is 0 Å². The van der Waals surface area contributed by atoms with Gasteiger partial charge in [-0.05, 0) is 0 Å². The smallest absolute Gasteiger partial charge is 0.0215 e. The minimum atomic E-state index is 0.785. The molecule has 0 aliphatic rings. The molecule has 0 aromatic heterocycles. The normalized spacial score (nSPS) is 6.25. The molecule has 0 saturated heterocycles. The Morgan fingerprint density at radius 1 is 2.00 bits per heavy atom. The zero-order valence-corrected chi connectivity index (χ0v) is 3.83. The van der Waals surface area contributed by atoms with Gasteiger partial charge < -0.3 is 0 Å². The first-order valence-corrected chi connectivity index (χ1v) is 2.13. The summed E-state index contributed by atoms with van der Waals surface area (Å²) in [4.78, 5) is 0. The van der Waals surface area contributed by atoms with E-state index >= 15 is 0 Å². The van der Waals surface area contributed by atoms with Crippen LogP contribution in [0.4, 0.5) is 0 Å². The molecule has 23 valence electrons. The van der Waals surface area contributed by atoms with Crippen molar-refractivity contribution in [2.24, 2.45) is 0 Å². The second-order valence-corrected chi connectivity index (χ2v) is 1.04. The van der Waals surface area contributed by atoms with Gasteiger partial charge in [-0.25, -0.2) is 0 Å². The number of allylic oxidation sites excluding steroid dienone is 1. The number of halogens is 1. The molecule has 0 aromatic rings. The van der Waals surface area contributed by atoms with E-state index < -0.39 is 0 Å². The van der Waals surface area contributed by atoms with Crippen LogP contribution in [0.1, 0.15) is 0 Å². The molecule has 0 aromatic carbocycles.